The maximum absolute atomic E-state index is 11.3. The number of hydrogen-bond donors (Lipinski definition) is 3. The van der Waals surface area contributed by atoms with Gasteiger partial charge in [0, 0.05) is 42.0 Å². The Kier molecular flexibility index (Phi) is 4.93. The monoisotopic (exact) mass is 395 g/mol. The minimum atomic E-state index is -0.756. The maximum atomic E-state index is 11.3. The van der Waals surface area contributed by atoms with Gasteiger partial charge in [-0.05, 0) is 29.3 Å². The second-order valence-electron chi connectivity index (χ2n) is 6.52. The van der Waals surface area contributed by atoms with Gasteiger partial charge in [0.05, 0.1) is 5.69 Å². The van der Waals surface area contributed by atoms with Gasteiger partial charge >= 0.3 is 0 Å². The Bertz CT molecular complexity index is 1330. The Labute approximate surface area is 172 Å². The summed E-state index contributed by atoms with van der Waals surface area (Å²) < 4.78 is 0. The van der Waals surface area contributed by atoms with Crippen LogP contribution in [0.5, 0.6) is 0 Å². The predicted molar refractivity (Wildman–Crippen MR) is 115 cm³/mol. The van der Waals surface area contributed by atoms with Crippen LogP contribution >= 0.6 is 0 Å². The number of pyridine rings is 1. The van der Waals surface area contributed by atoms with E-state index >= 15 is 0 Å². The molecule has 4 aromatic rings. The summed E-state index contributed by atoms with van der Waals surface area (Å²) >= 11 is 0. The Morgan fingerprint density at radius 1 is 1.20 bits per heavy atom. The highest BCUT2D eigenvalue weighted by molar-refractivity contribution is 6.00. The molecule has 0 saturated carbocycles. The summed E-state index contributed by atoms with van der Waals surface area (Å²) in [5.74, 6) is -0.0329. The third-order valence-corrected chi connectivity index (χ3v) is 4.65. The molecule has 4 rings (SSSR count). The summed E-state index contributed by atoms with van der Waals surface area (Å²) in [6.07, 6.45) is 6.62. The average molecular weight is 395 g/mol. The van der Waals surface area contributed by atoms with Crippen LogP contribution in [0.2, 0.25) is 0 Å². The van der Waals surface area contributed by atoms with Crippen molar-refractivity contribution in [2.45, 2.75) is 0 Å². The molecule has 3 aromatic heterocycles. The number of anilines is 1. The van der Waals surface area contributed by atoms with Crippen LogP contribution < -0.4 is 11.1 Å². The number of aromatic amines is 1. The van der Waals surface area contributed by atoms with Crippen molar-refractivity contribution >= 4 is 28.8 Å². The van der Waals surface area contributed by atoms with Crippen LogP contribution in [0, 0.1) is 11.3 Å². The van der Waals surface area contributed by atoms with Gasteiger partial charge < -0.3 is 16.0 Å². The van der Waals surface area contributed by atoms with Crippen LogP contribution in [0.1, 0.15) is 5.56 Å². The van der Waals surface area contributed by atoms with Gasteiger partial charge in [0.2, 0.25) is 0 Å². The topological polar surface area (TPSA) is 133 Å². The fraction of sp³-hybridized carbons (Fsp3) is 0.0455. The first-order valence-corrected chi connectivity index (χ1v) is 9.08. The molecule has 0 unspecified atom stereocenters. The number of carbonyl (C=O) groups excluding carboxylic acids is 1. The number of carbonyl (C=O) groups is 1. The summed E-state index contributed by atoms with van der Waals surface area (Å²) in [7, 11) is 1.80. The summed E-state index contributed by atoms with van der Waals surface area (Å²) in [6, 6.07) is 13.2. The number of rotatable bonds is 5. The molecule has 0 spiro atoms. The number of hydrogen-bond acceptors (Lipinski definition) is 6. The van der Waals surface area contributed by atoms with Crippen LogP contribution in [0.25, 0.3) is 39.5 Å². The number of primary amides is 1. The molecule has 3 heterocycles. The highest BCUT2D eigenvalue weighted by Gasteiger charge is 2.11. The van der Waals surface area contributed by atoms with Crippen molar-refractivity contribution in [1.82, 2.24) is 19.9 Å². The highest BCUT2D eigenvalue weighted by atomic mass is 16.1. The van der Waals surface area contributed by atoms with Gasteiger partial charge in [-0.25, -0.2) is 15.0 Å². The van der Waals surface area contributed by atoms with Gasteiger partial charge in [0.15, 0.2) is 0 Å². The lowest BCUT2D eigenvalue weighted by atomic mass is 10.0. The molecule has 0 aliphatic rings. The zero-order chi connectivity index (χ0) is 21.1. The second kappa shape index (κ2) is 7.85. The second-order valence-corrected chi connectivity index (χ2v) is 6.52. The number of benzene rings is 1. The lowest BCUT2D eigenvalue weighted by Crippen LogP contribution is -2.12. The fourth-order valence-corrected chi connectivity index (χ4v) is 3.15. The summed E-state index contributed by atoms with van der Waals surface area (Å²) in [6.45, 7) is 0. The zero-order valence-electron chi connectivity index (χ0n) is 16.0. The normalized spacial score (nSPS) is 11.3. The molecule has 0 fully saturated rings. The zero-order valence-corrected chi connectivity index (χ0v) is 16.0. The third-order valence-electron chi connectivity index (χ3n) is 4.65. The molecule has 4 N–H and O–H groups in total. The molecule has 0 aliphatic carbocycles. The number of nitrogens with one attached hydrogen (secondary N) is 2. The molecule has 0 bridgehead atoms. The highest BCUT2D eigenvalue weighted by Crippen LogP contribution is 2.31. The van der Waals surface area contributed by atoms with Crippen molar-refractivity contribution in [1.29, 1.82) is 5.26 Å². The number of aromatic nitrogens is 4. The molecule has 146 valence electrons. The van der Waals surface area contributed by atoms with Gasteiger partial charge in [0.1, 0.15) is 29.4 Å². The molecule has 1 amide bonds. The van der Waals surface area contributed by atoms with Gasteiger partial charge in [-0.2, -0.15) is 5.26 Å². The summed E-state index contributed by atoms with van der Waals surface area (Å²) in [5.41, 5.74) is 10.0. The molecule has 30 heavy (non-hydrogen) atoms. The number of fused-ring (bicyclic) bond motifs is 1. The van der Waals surface area contributed by atoms with Crippen LogP contribution in [-0.2, 0) is 4.79 Å². The largest absolute Gasteiger partial charge is 0.373 e. The van der Waals surface area contributed by atoms with Crippen molar-refractivity contribution in [2.24, 2.45) is 5.73 Å². The molecule has 0 aliphatic heterocycles. The van der Waals surface area contributed by atoms with E-state index in [1.54, 1.807) is 19.3 Å². The van der Waals surface area contributed by atoms with Crippen molar-refractivity contribution in [2.75, 3.05) is 12.4 Å². The van der Waals surface area contributed by atoms with Gasteiger partial charge in [-0.1, -0.05) is 18.2 Å². The van der Waals surface area contributed by atoms with E-state index in [1.165, 1.54) is 12.4 Å². The SMILES string of the molecule is CNc1cc(-c2c[nH]c3ncc(-c4cccc(C=C(C#N)C(N)=O)c4)cc23)ncn1. The standard InChI is InChI=1S/C22H17N7O/c1-25-20-8-19(28-12-29-20)18-11-27-22-17(18)7-16(10-26-22)14-4-2-3-13(5-14)6-15(9-23)21(24)30/h2-8,10-12H,1H3,(H2,24,30)(H,26,27)(H,25,28,29). The smallest absolute Gasteiger partial charge is 0.259 e. The van der Waals surface area contributed by atoms with E-state index in [9.17, 15) is 4.79 Å². The molecule has 1 aromatic carbocycles. The first kappa shape index (κ1) is 18.8. The molecule has 8 nitrogen and oxygen atoms in total. The Hall–Kier alpha value is -4.51. The Morgan fingerprint density at radius 2 is 2.07 bits per heavy atom. The fourth-order valence-electron chi connectivity index (χ4n) is 3.15. The van der Waals surface area contributed by atoms with E-state index < -0.39 is 5.91 Å². The minimum absolute atomic E-state index is 0.0993. The molecule has 8 heteroatoms. The Balaban J connectivity index is 1.79. The third kappa shape index (κ3) is 3.59. The van der Waals surface area contributed by atoms with E-state index in [0.29, 0.717) is 5.56 Å². The average Bonchev–Trinajstić information content (AvgIpc) is 3.20. The number of nitrogens with two attached hydrogens (primary N) is 1. The van der Waals surface area contributed by atoms with Crippen LogP contribution in [0.15, 0.2) is 60.7 Å². The van der Waals surface area contributed by atoms with Crippen LogP contribution in [-0.4, -0.2) is 32.9 Å². The number of nitrogens with zero attached hydrogens (tertiary/aromatic N) is 4. The van der Waals surface area contributed by atoms with Crippen molar-refractivity contribution in [3.63, 3.8) is 0 Å². The molecule has 0 radical (unpaired) electrons. The first-order chi connectivity index (χ1) is 14.6. The first-order valence-electron chi connectivity index (χ1n) is 9.08. The van der Waals surface area contributed by atoms with E-state index in [1.807, 2.05) is 42.6 Å². The lowest BCUT2D eigenvalue weighted by molar-refractivity contribution is -0.114. The van der Waals surface area contributed by atoms with Crippen molar-refractivity contribution in [3.8, 4) is 28.5 Å². The lowest BCUT2D eigenvalue weighted by Gasteiger charge is -2.05. The van der Waals surface area contributed by atoms with Crippen LogP contribution in [0.4, 0.5) is 5.82 Å². The van der Waals surface area contributed by atoms with Crippen LogP contribution in [0.3, 0.4) is 0 Å². The summed E-state index contributed by atoms with van der Waals surface area (Å²) in [5, 5.41) is 13.0. The van der Waals surface area contributed by atoms with Gasteiger partial charge in [-0.15, -0.1) is 0 Å². The van der Waals surface area contributed by atoms with E-state index in [0.717, 1.165) is 39.2 Å². The number of amides is 1. The Morgan fingerprint density at radius 3 is 2.83 bits per heavy atom. The number of nitriles is 1. The molecular weight excluding hydrogens is 378 g/mol. The van der Waals surface area contributed by atoms with E-state index in [4.69, 9.17) is 11.0 Å². The maximum Gasteiger partial charge on any atom is 0.259 e. The molecule has 0 atom stereocenters. The van der Waals surface area contributed by atoms with Gasteiger partial charge in [-0.3, -0.25) is 4.79 Å². The van der Waals surface area contributed by atoms with Crippen molar-refractivity contribution < 1.29 is 4.79 Å². The van der Waals surface area contributed by atoms with Crippen molar-refractivity contribution in [3.05, 3.63) is 66.3 Å². The number of H-pyrrole nitrogens is 1. The minimum Gasteiger partial charge on any atom is -0.373 e. The molecular formula is C22H17N7O. The van der Waals surface area contributed by atoms with E-state index in [2.05, 4.69) is 25.3 Å². The quantitative estimate of drug-likeness (QED) is 0.351. The van der Waals surface area contributed by atoms with E-state index in [-0.39, 0.29) is 5.57 Å². The molecule has 0 saturated heterocycles. The van der Waals surface area contributed by atoms with Gasteiger partial charge in [0.25, 0.3) is 5.91 Å². The summed E-state index contributed by atoms with van der Waals surface area (Å²) in [4.78, 5) is 27.6. The predicted octanol–water partition coefficient (Wildman–Crippen LogP) is 3.12.